The van der Waals surface area contributed by atoms with Gasteiger partial charge in [-0.05, 0) is 63.0 Å². The van der Waals surface area contributed by atoms with E-state index in [1.165, 1.54) is 37.1 Å². The van der Waals surface area contributed by atoms with E-state index in [-0.39, 0.29) is 5.91 Å². The van der Waals surface area contributed by atoms with Crippen LogP contribution in [0.2, 0.25) is 0 Å². The van der Waals surface area contributed by atoms with Gasteiger partial charge in [-0.3, -0.25) is 9.69 Å². The van der Waals surface area contributed by atoms with Crippen LogP contribution in [-0.2, 0) is 13.1 Å². The average molecular weight is 368 g/mol. The molecule has 2 N–H and O–H groups in total. The molecule has 2 fully saturated rings. The highest BCUT2D eigenvalue weighted by Crippen LogP contribution is 2.18. The number of nitrogens with one attached hydrogen (secondary N) is 2. The largest absolute Gasteiger partial charge is 0.347 e. The second kappa shape index (κ2) is 8.63. The number of carbonyl (C=O) groups excluding carboxylic acids is 1. The quantitative estimate of drug-likeness (QED) is 0.812. The molecule has 0 aliphatic carbocycles. The van der Waals surface area contributed by atoms with Gasteiger partial charge in [-0.25, -0.2) is 4.68 Å². The summed E-state index contributed by atoms with van der Waals surface area (Å²) in [4.78, 5) is 15.0. The molecule has 27 heavy (non-hydrogen) atoms. The SMILES string of the molecule is O=C(NCc1ccccc1CN1CCCC1)c1cn(C2CCNCC2)nn1. The minimum Gasteiger partial charge on any atom is -0.347 e. The van der Waals surface area contributed by atoms with Crippen molar-refractivity contribution in [1.82, 2.24) is 30.5 Å². The molecule has 1 amide bonds. The molecule has 2 aromatic rings. The minimum absolute atomic E-state index is 0.161. The van der Waals surface area contributed by atoms with E-state index in [9.17, 15) is 4.79 Å². The minimum atomic E-state index is -0.161. The first-order valence-corrected chi connectivity index (χ1v) is 9.99. The van der Waals surface area contributed by atoms with Crippen LogP contribution < -0.4 is 10.6 Å². The first-order valence-electron chi connectivity index (χ1n) is 9.99. The van der Waals surface area contributed by atoms with Gasteiger partial charge >= 0.3 is 0 Å². The fraction of sp³-hybridized carbons (Fsp3) is 0.550. The number of aromatic nitrogens is 3. The van der Waals surface area contributed by atoms with Crippen LogP contribution in [0.25, 0.3) is 0 Å². The molecular weight excluding hydrogens is 340 g/mol. The standard InChI is InChI=1S/C20H28N6O/c27-20(19-15-26(24-23-19)18-7-9-21-10-8-18)22-13-16-5-1-2-6-17(16)14-25-11-3-4-12-25/h1-2,5-6,15,18,21H,3-4,7-14H2,(H,22,27). The predicted molar refractivity (Wildman–Crippen MR) is 103 cm³/mol. The zero-order valence-electron chi connectivity index (χ0n) is 15.7. The molecule has 0 radical (unpaired) electrons. The third-order valence-corrected chi connectivity index (χ3v) is 5.58. The molecule has 0 unspecified atom stereocenters. The number of piperidine rings is 1. The van der Waals surface area contributed by atoms with Crippen molar-refractivity contribution in [3.05, 3.63) is 47.3 Å². The van der Waals surface area contributed by atoms with Crippen molar-refractivity contribution in [2.24, 2.45) is 0 Å². The van der Waals surface area contributed by atoms with Crippen molar-refractivity contribution in [3.63, 3.8) is 0 Å². The van der Waals surface area contributed by atoms with Gasteiger partial charge in [-0.15, -0.1) is 5.10 Å². The average Bonchev–Trinajstić information content (AvgIpc) is 3.40. The van der Waals surface area contributed by atoms with Gasteiger partial charge in [0.05, 0.1) is 12.2 Å². The molecule has 3 heterocycles. The number of likely N-dealkylation sites (tertiary alicyclic amines) is 1. The molecule has 0 spiro atoms. The molecule has 2 aliphatic rings. The normalized spacial score (nSPS) is 18.7. The summed E-state index contributed by atoms with van der Waals surface area (Å²) in [6, 6.07) is 8.69. The molecule has 7 heteroatoms. The third kappa shape index (κ3) is 4.54. The number of hydrogen-bond donors (Lipinski definition) is 2. The smallest absolute Gasteiger partial charge is 0.273 e. The predicted octanol–water partition coefficient (Wildman–Crippen LogP) is 1.73. The van der Waals surface area contributed by atoms with Crippen molar-refractivity contribution in [2.45, 2.75) is 44.8 Å². The highest BCUT2D eigenvalue weighted by molar-refractivity contribution is 5.91. The molecule has 1 aromatic carbocycles. The van der Waals surface area contributed by atoms with E-state index in [1.807, 2.05) is 10.7 Å². The second-order valence-electron chi connectivity index (χ2n) is 7.50. The molecule has 7 nitrogen and oxygen atoms in total. The molecular formula is C20H28N6O. The fourth-order valence-corrected chi connectivity index (χ4v) is 3.96. The summed E-state index contributed by atoms with van der Waals surface area (Å²) in [5.41, 5.74) is 2.85. The molecule has 144 valence electrons. The number of hydrogen-bond acceptors (Lipinski definition) is 5. The highest BCUT2D eigenvalue weighted by Gasteiger charge is 2.19. The maximum atomic E-state index is 12.5. The van der Waals surface area contributed by atoms with Gasteiger partial charge in [0.1, 0.15) is 0 Å². The summed E-state index contributed by atoms with van der Waals surface area (Å²) >= 11 is 0. The van der Waals surface area contributed by atoms with Crippen LogP contribution in [-0.4, -0.2) is 52.0 Å². The van der Waals surface area contributed by atoms with Crippen LogP contribution in [0.15, 0.2) is 30.5 Å². The lowest BCUT2D eigenvalue weighted by Gasteiger charge is -2.22. The van der Waals surface area contributed by atoms with Gasteiger partial charge < -0.3 is 10.6 Å². The van der Waals surface area contributed by atoms with E-state index in [4.69, 9.17) is 0 Å². The number of benzene rings is 1. The Morgan fingerprint density at radius 3 is 2.67 bits per heavy atom. The van der Waals surface area contributed by atoms with Gasteiger partial charge in [0, 0.05) is 13.1 Å². The van der Waals surface area contributed by atoms with Gasteiger partial charge in [0.25, 0.3) is 5.91 Å². The molecule has 0 atom stereocenters. The fourth-order valence-electron chi connectivity index (χ4n) is 3.96. The van der Waals surface area contributed by atoms with Crippen molar-refractivity contribution in [2.75, 3.05) is 26.2 Å². The van der Waals surface area contributed by atoms with Crippen molar-refractivity contribution < 1.29 is 4.79 Å². The van der Waals surface area contributed by atoms with Gasteiger partial charge in [0.2, 0.25) is 0 Å². The van der Waals surface area contributed by atoms with Crippen LogP contribution >= 0.6 is 0 Å². The van der Waals surface area contributed by atoms with Crippen molar-refractivity contribution >= 4 is 5.91 Å². The van der Waals surface area contributed by atoms with Crippen molar-refractivity contribution in [3.8, 4) is 0 Å². The lowest BCUT2D eigenvalue weighted by Crippen LogP contribution is -2.29. The van der Waals surface area contributed by atoms with E-state index in [0.717, 1.165) is 32.5 Å². The molecule has 2 aliphatic heterocycles. The van der Waals surface area contributed by atoms with Crippen molar-refractivity contribution in [1.29, 1.82) is 0 Å². The monoisotopic (exact) mass is 368 g/mol. The Morgan fingerprint density at radius 2 is 1.89 bits per heavy atom. The zero-order chi connectivity index (χ0) is 18.5. The molecule has 4 rings (SSSR count). The van der Waals surface area contributed by atoms with Crippen LogP contribution in [0, 0.1) is 0 Å². The van der Waals surface area contributed by atoms with Gasteiger partial charge in [0.15, 0.2) is 5.69 Å². The summed E-state index contributed by atoms with van der Waals surface area (Å²) in [6.07, 6.45) is 6.39. The number of carbonyl (C=O) groups is 1. The van der Waals surface area contributed by atoms with E-state index in [2.05, 4.69) is 44.0 Å². The number of rotatable bonds is 6. The van der Waals surface area contributed by atoms with Gasteiger partial charge in [-0.2, -0.15) is 0 Å². The summed E-state index contributed by atoms with van der Waals surface area (Å²) in [5, 5.41) is 14.6. The topological polar surface area (TPSA) is 75.1 Å². The van der Waals surface area contributed by atoms with E-state index >= 15 is 0 Å². The number of nitrogens with zero attached hydrogens (tertiary/aromatic N) is 4. The van der Waals surface area contributed by atoms with Crippen LogP contribution in [0.4, 0.5) is 0 Å². The Bertz CT molecular complexity index is 761. The Hall–Kier alpha value is -2.25. The van der Waals surface area contributed by atoms with Crippen LogP contribution in [0.1, 0.15) is 53.3 Å². The first kappa shape index (κ1) is 18.1. The maximum Gasteiger partial charge on any atom is 0.273 e. The van der Waals surface area contributed by atoms with E-state index in [1.54, 1.807) is 6.20 Å². The van der Waals surface area contributed by atoms with Crippen LogP contribution in [0.5, 0.6) is 0 Å². The lowest BCUT2D eigenvalue weighted by molar-refractivity contribution is 0.0945. The highest BCUT2D eigenvalue weighted by atomic mass is 16.2. The molecule has 1 aromatic heterocycles. The maximum absolute atomic E-state index is 12.5. The Balaban J connectivity index is 1.36. The molecule has 0 bridgehead atoms. The number of amides is 1. The second-order valence-corrected chi connectivity index (χ2v) is 7.50. The Labute approximate surface area is 160 Å². The molecule has 0 saturated carbocycles. The van der Waals surface area contributed by atoms with Gasteiger partial charge in [-0.1, -0.05) is 29.5 Å². The summed E-state index contributed by atoms with van der Waals surface area (Å²) in [5.74, 6) is -0.161. The lowest BCUT2D eigenvalue weighted by atomic mass is 10.1. The summed E-state index contributed by atoms with van der Waals surface area (Å²) in [7, 11) is 0. The first-order chi connectivity index (χ1) is 13.3. The summed E-state index contributed by atoms with van der Waals surface area (Å²) in [6.45, 7) is 5.78. The van der Waals surface area contributed by atoms with Crippen LogP contribution in [0.3, 0.4) is 0 Å². The third-order valence-electron chi connectivity index (χ3n) is 5.58. The Morgan fingerprint density at radius 1 is 1.15 bits per heavy atom. The molecule has 2 saturated heterocycles. The van der Waals surface area contributed by atoms with E-state index < -0.39 is 0 Å². The van der Waals surface area contributed by atoms with E-state index in [0.29, 0.717) is 18.3 Å². The zero-order valence-corrected chi connectivity index (χ0v) is 15.7. The Kier molecular flexibility index (Phi) is 5.79. The summed E-state index contributed by atoms with van der Waals surface area (Å²) < 4.78 is 1.84.